The number of nitrogens with zero attached hydrogens (tertiary/aromatic N) is 3. The fraction of sp³-hybridized carbons (Fsp3) is 0.261. The van der Waals surface area contributed by atoms with E-state index in [2.05, 4.69) is 24.0 Å². The number of nitriles is 1. The third-order valence-electron chi connectivity index (χ3n) is 4.66. The molecule has 0 amide bonds. The van der Waals surface area contributed by atoms with E-state index in [0.717, 1.165) is 46.6 Å². The fourth-order valence-electron chi connectivity index (χ4n) is 3.39. The average molecular weight is 357 g/mol. The second-order valence-corrected chi connectivity index (χ2v) is 6.79. The Morgan fingerprint density at radius 2 is 1.85 bits per heavy atom. The summed E-state index contributed by atoms with van der Waals surface area (Å²) in [7, 11) is 0. The molecule has 0 atom stereocenters. The molecule has 0 N–H and O–H groups in total. The molecule has 136 valence electrons. The molecule has 4 heteroatoms. The molecule has 27 heavy (non-hydrogen) atoms. The van der Waals surface area contributed by atoms with Crippen LogP contribution in [-0.4, -0.2) is 9.55 Å². The zero-order valence-corrected chi connectivity index (χ0v) is 16.0. The molecule has 0 aliphatic carbocycles. The van der Waals surface area contributed by atoms with Gasteiger partial charge < -0.3 is 0 Å². The Balaban J connectivity index is 1.99. The van der Waals surface area contributed by atoms with E-state index in [1.54, 1.807) is 10.6 Å². The van der Waals surface area contributed by atoms with E-state index < -0.39 is 0 Å². The lowest BCUT2D eigenvalue weighted by Gasteiger charge is -2.14. The molecule has 0 spiro atoms. The summed E-state index contributed by atoms with van der Waals surface area (Å²) in [5, 5.41) is 9.36. The van der Waals surface area contributed by atoms with Crippen LogP contribution in [0.2, 0.25) is 0 Å². The van der Waals surface area contributed by atoms with E-state index in [0.29, 0.717) is 12.1 Å². The van der Waals surface area contributed by atoms with Crippen molar-refractivity contribution in [2.24, 2.45) is 0 Å². The second kappa shape index (κ2) is 8.01. The molecule has 0 saturated carbocycles. The van der Waals surface area contributed by atoms with E-state index in [9.17, 15) is 10.1 Å². The van der Waals surface area contributed by atoms with Gasteiger partial charge in [0.1, 0.15) is 5.82 Å². The monoisotopic (exact) mass is 357 g/mol. The van der Waals surface area contributed by atoms with Gasteiger partial charge in [0.2, 0.25) is 0 Å². The molecule has 4 nitrogen and oxygen atoms in total. The van der Waals surface area contributed by atoms with Gasteiger partial charge in [-0.25, -0.2) is 4.98 Å². The van der Waals surface area contributed by atoms with Crippen LogP contribution in [0.1, 0.15) is 41.6 Å². The molecule has 0 aliphatic rings. The molecule has 0 aliphatic heterocycles. The van der Waals surface area contributed by atoms with Gasteiger partial charge in [-0.1, -0.05) is 43.3 Å². The highest BCUT2D eigenvalue weighted by Gasteiger charge is 2.10. The lowest BCUT2D eigenvalue weighted by molar-refractivity contribution is 0.649. The van der Waals surface area contributed by atoms with Crippen LogP contribution >= 0.6 is 0 Å². The minimum atomic E-state index is -0.0116. The van der Waals surface area contributed by atoms with Crippen LogP contribution in [0.15, 0.2) is 53.3 Å². The standard InChI is InChI=1S/C23H23N3O/c1-4-7-22-25-17(3)13-23(27)26(22)15-18-10-11-20(16(2)12-18)21-9-6-5-8-19(21)14-24/h5-6,8-13H,4,7,15H2,1-3H3. The summed E-state index contributed by atoms with van der Waals surface area (Å²) < 4.78 is 1.76. The van der Waals surface area contributed by atoms with Crippen molar-refractivity contribution in [3.63, 3.8) is 0 Å². The highest BCUT2D eigenvalue weighted by Crippen LogP contribution is 2.27. The normalized spacial score (nSPS) is 10.6. The summed E-state index contributed by atoms with van der Waals surface area (Å²) in [6.07, 6.45) is 1.72. The van der Waals surface area contributed by atoms with Crippen molar-refractivity contribution in [2.75, 3.05) is 0 Å². The molecule has 0 unspecified atom stereocenters. The highest BCUT2D eigenvalue weighted by atomic mass is 16.1. The smallest absolute Gasteiger partial charge is 0.254 e. The van der Waals surface area contributed by atoms with Gasteiger partial charge in [-0.2, -0.15) is 5.26 Å². The third-order valence-corrected chi connectivity index (χ3v) is 4.66. The third kappa shape index (κ3) is 3.98. The summed E-state index contributed by atoms with van der Waals surface area (Å²) in [5.41, 5.74) is 5.53. The van der Waals surface area contributed by atoms with E-state index in [1.165, 1.54) is 0 Å². The molecule has 1 heterocycles. The van der Waals surface area contributed by atoms with Crippen molar-refractivity contribution < 1.29 is 0 Å². The largest absolute Gasteiger partial charge is 0.292 e. The van der Waals surface area contributed by atoms with E-state index >= 15 is 0 Å². The molecular weight excluding hydrogens is 334 g/mol. The lowest BCUT2D eigenvalue weighted by Crippen LogP contribution is -2.25. The van der Waals surface area contributed by atoms with Crippen molar-refractivity contribution in [1.82, 2.24) is 9.55 Å². The Morgan fingerprint density at radius 1 is 1.07 bits per heavy atom. The minimum Gasteiger partial charge on any atom is -0.292 e. The van der Waals surface area contributed by atoms with Gasteiger partial charge in [-0.3, -0.25) is 9.36 Å². The first-order chi connectivity index (χ1) is 13.0. The Labute approximate surface area is 159 Å². The van der Waals surface area contributed by atoms with Gasteiger partial charge in [0, 0.05) is 18.2 Å². The molecule has 0 fully saturated rings. The zero-order valence-electron chi connectivity index (χ0n) is 16.0. The maximum Gasteiger partial charge on any atom is 0.254 e. The van der Waals surface area contributed by atoms with Crippen molar-refractivity contribution in [1.29, 1.82) is 5.26 Å². The summed E-state index contributed by atoms with van der Waals surface area (Å²) in [4.78, 5) is 17.0. The summed E-state index contributed by atoms with van der Waals surface area (Å²) >= 11 is 0. The molecule has 1 aromatic heterocycles. The van der Waals surface area contributed by atoms with Gasteiger partial charge in [-0.05, 0) is 48.6 Å². The Morgan fingerprint density at radius 3 is 2.56 bits per heavy atom. The van der Waals surface area contributed by atoms with Crippen LogP contribution in [-0.2, 0) is 13.0 Å². The van der Waals surface area contributed by atoms with Crippen molar-refractivity contribution in [2.45, 2.75) is 40.2 Å². The van der Waals surface area contributed by atoms with E-state index in [1.807, 2.05) is 50.2 Å². The Bertz CT molecular complexity index is 1070. The average Bonchev–Trinajstić information content (AvgIpc) is 2.65. The molecular formula is C23H23N3O. The first-order valence-electron chi connectivity index (χ1n) is 9.20. The molecule has 2 aromatic carbocycles. The number of aryl methyl sites for hydroxylation is 3. The first kappa shape index (κ1) is 18.6. The number of aromatic nitrogens is 2. The van der Waals surface area contributed by atoms with E-state index in [4.69, 9.17) is 0 Å². The van der Waals surface area contributed by atoms with Crippen LogP contribution in [0.3, 0.4) is 0 Å². The zero-order chi connectivity index (χ0) is 19.4. The quantitative estimate of drug-likeness (QED) is 0.680. The molecule has 3 aromatic rings. The predicted octanol–water partition coefficient (Wildman–Crippen LogP) is 4.40. The molecule has 0 bridgehead atoms. The summed E-state index contributed by atoms with van der Waals surface area (Å²) in [6.45, 7) is 6.49. The van der Waals surface area contributed by atoms with Gasteiger partial charge >= 0.3 is 0 Å². The number of hydrogen-bond donors (Lipinski definition) is 0. The van der Waals surface area contributed by atoms with Gasteiger partial charge in [-0.15, -0.1) is 0 Å². The topological polar surface area (TPSA) is 58.7 Å². The van der Waals surface area contributed by atoms with Crippen molar-refractivity contribution in [3.05, 3.63) is 87.1 Å². The van der Waals surface area contributed by atoms with Gasteiger partial charge in [0.05, 0.1) is 18.2 Å². The van der Waals surface area contributed by atoms with Crippen molar-refractivity contribution >= 4 is 0 Å². The molecule has 3 rings (SSSR count). The van der Waals surface area contributed by atoms with Crippen LogP contribution in [0.4, 0.5) is 0 Å². The Kier molecular flexibility index (Phi) is 5.52. The van der Waals surface area contributed by atoms with Crippen LogP contribution in [0.25, 0.3) is 11.1 Å². The Hall–Kier alpha value is -3.19. The first-order valence-corrected chi connectivity index (χ1v) is 9.20. The van der Waals surface area contributed by atoms with Crippen LogP contribution < -0.4 is 5.56 Å². The highest BCUT2D eigenvalue weighted by molar-refractivity contribution is 5.73. The predicted molar refractivity (Wildman–Crippen MR) is 108 cm³/mol. The summed E-state index contributed by atoms with van der Waals surface area (Å²) in [5.74, 6) is 0.832. The number of rotatable bonds is 5. The van der Waals surface area contributed by atoms with Crippen LogP contribution in [0.5, 0.6) is 0 Å². The minimum absolute atomic E-state index is 0.0116. The van der Waals surface area contributed by atoms with Crippen molar-refractivity contribution in [3.8, 4) is 17.2 Å². The number of benzene rings is 2. The van der Waals surface area contributed by atoms with Gasteiger partial charge in [0.25, 0.3) is 5.56 Å². The van der Waals surface area contributed by atoms with Crippen LogP contribution in [0, 0.1) is 25.2 Å². The fourth-order valence-corrected chi connectivity index (χ4v) is 3.39. The SMILES string of the molecule is CCCc1nc(C)cc(=O)n1Cc1ccc(-c2ccccc2C#N)c(C)c1. The maximum atomic E-state index is 12.5. The van der Waals surface area contributed by atoms with Gasteiger partial charge in [0.15, 0.2) is 0 Å². The lowest BCUT2D eigenvalue weighted by atomic mass is 9.95. The number of hydrogen-bond acceptors (Lipinski definition) is 3. The van der Waals surface area contributed by atoms with E-state index in [-0.39, 0.29) is 5.56 Å². The maximum absolute atomic E-state index is 12.5. The molecule has 0 radical (unpaired) electrons. The molecule has 0 saturated heterocycles. The summed E-state index contributed by atoms with van der Waals surface area (Å²) in [6, 6.07) is 17.6. The second-order valence-electron chi connectivity index (χ2n) is 6.79.